The van der Waals surface area contributed by atoms with Gasteiger partial charge in [0.25, 0.3) is 5.69 Å². The number of benzene rings is 2. The molecule has 2 aromatic carbocycles. The minimum absolute atomic E-state index is 0.131. The fourth-order valence-corrected chi connectivity index (χ4v) is 2.50. The second kappa shape index (κ2) is 9.91. The lowest BCUT2D eigenvalue weighted by molar-refractivity contribution is -0.384. The van der Waals surface area contributed by atoms with Gasteiger partial charge in [0.2, 0.25) is 5.91 Å². The number of halogens is 1. The molecule has 0 saturated carbocycles. The summed E-state index contributed by atoms with van der Waals surface area (Å²) in [7, 11) is 3.22. The zero-order valence-electron chi connectivity index (χ0n) is 15.8. The van der Waals surface area contributed by atoms with Crippen LogP contribution in [0.1, 0.15) is 6.92 Å². The number of nitro benzene ring substituents is 1. The lowest BCUT2D eigenvalue weighted by atomic mass is 10.2. The maximum absolute atomic E-state index is 12.5. The number of carbonyl (C=O) groups excluding carboxylic acids is 1. The number of hydrogen-bond donors (Lipinski definition) is 1. The fourth-order valence-electron chi connectivity index (χ4n) is 2.38. The molecule has 0 fully saturated rings. The molecule has 0 aliphatic rings. The molecule has 0 heterocycles. The number of anilines is 1. The van der Waals surface area contributed by atoms with Gasteiger partial charge in [0, 0.05) is 23.7 Å². The van der Waals surface area contributed by atoms with E-state index in [1.807, 2.05) is 4.90 Å². The van der Waals surface area contributed by atoms with Crippen molar-refractivity contribution in [2.45, 2.75) is 13.0 Å². The third kappa shape index (κ3) is 5.83. The number of ether oxygens (including phenoxy) is 2. The molecule has 0 aliphatic heterocycles. The van der Waals surface area contributed by atoms with E-state index in [1.165, 1.54) is 25.3 Å². The van der Waals surface area contributed by atoms with Gasteiger partial charge in [-0.25, -0.2) is 0 Å². The zero-order valence-corrected chi connectivity index (χ0v) is 16.6. The summed E-state index contributed by atoms with van der Waals surface area (Å²) in [5.74, 6) is 0.726. The molecular formula is C19H22ClN3O5. The summed E-state index contributed by atoms with van der Waals surface area (Å²) in [6.45, 7) is 2.63. The third-order valence-electron chi connectivity index (χ3n) is 4.22. The van der Waals surface area contributed by atoms with Gasteiger partial charge in [0.05, 0.1) is 23.8 Å². The molecule has 1 amide bonds. The summed E-state index contributed by atoms with van der Waals surface area (Å²) in [6.07, 6.45) is 0. The smallest absolute Gasteiger partial charge is 0.271 e. The fraction of sp³-hybridized carbons (Fsp3) is 0.316. The number of methoxy groups -OCH3 is 1. The van der Waals surface area contributed by atoms with E-state index in [1.54, 1.807) is 38.2 Å². The molecule has 1 N–H and O–H groups in total. The van der Waals surface area contributed by atoms with Gasteiger partial charge in [-0.1, -0.05) is 11.6 Å². The van der Waals surface area contributed by atoms with E-state index < -0.39 is 11.0 Å². The maximum atomic E-state index is 12.5. The standard InChI is InChI=1S/C19H22ClN3O5/c1-13(22(2)10-11-28-16-7-4-14(20)5-8-16)19(24)21-17-12-15(23(25)26)6-9-18(17)27-3/h4-9,12-13H,10-11H2,1-3H3,(H,21,24). The van der Waals surface area contributed by atoms with Gasteiger partial charge in [-0.15, -0.1) is 0 Å². The van der Waals surface area contributed by atoms with Gasteiger partial charge in [-0.2, -0.15) is 0 Å². The second-order valence-corrected chi connectivity index (χ2v) is 6.53. The van der Waals surface area contributed by atoms with Crippen LogP contribution < -0.4 is 14.8 Å². The number of amides is 1. The van der Waals surface area contributed by atoms with E-state index in [9.17, 15) is 14.9 Å². The average molecular weight is 408 g/mol. The summed E-state index contributed by atoms with van der Waals surface area (Å²) < 4.78 is 10.8. The average Bonchev–Trinajstić information content (AvgIpc) is 2.68. The normalized spacial score (nSPS) is 11.8. The Kier molecular flexibility index (Phi) is 7.60. The van der Waals surface area contributed by atoms with Crippen LogP contribution in [0.25, 0.3) is 0 Å². The minimum Gasteiger partial charge on any atom is -0.495 e. The zero-order chi connectivity index (χ0) is 20.7. The van der Waals surface area contributed by atoms with Crippen molar-refractivity contribution in [1.29, 1.82) is 0 Å². The Morgan fingerprint density at radius 2 is 1.96 bits per heavy atom. The van der Waals surface area contributed by atoms with Gasteiger partial charge >= 0.3 is 0 Å². The molecule has 0 aliphatic carbocycles. The van der Waals surface area contributed by atoms with Crippen LogP contribution in [0.2, 0.25) is 5.02 Å². The van der Waals surface area contributed by atoms with Crippen molar-refractivity contribution in [3.05, 3.63) is 57.6 Å². The number of likely N-dealkylation sites (N-methyl/N-ethyl adjacent to an activating group) is 1. The first-order valence-electron chi connectivity index (χ1n) is 8.53. The number of hydrogen-bond acceptors (Lipinski definition) is 6. The number of nitrogens with zero attached hydrogens (tertiary/aromatic N) is 2. The maximum Gasteiger partial charge on any atom is 0.271 e. The molecule has 0 aromatic heterocycles. The molecule has 0 bridgehead atoms. The number of nitrogens with one attached hydrogen (secondary N) is 1. The number of non-ortho nitro benzene ring substituents is 1. The Morgan fingerprint density at radius 1 is 1.29 bits per heavy atom. The van der Waals surface area contributed by atoms with Crippen LogP contribution >= 0.6 is 11.6 Å². The second-order valence-electron chi connectivity index (χ2n) is 6.09. The molecule has 8 nitrogen and oxygen atoms in total. The first kappa shape index (κ1) is 21.5. The highest BCUT2D eigenvalue weighted by Crippen LogP contribution is 2.29. The van der Waals surface area contributed by atoms with Gasteiger partial charge in [-0.3, -0.25) is 19.8 Å². The number of carbonyl (C=O) groups is 1. The summed E-state index contributed by atoms with van der Waals surface area (Å²) >= 11 is 5.83. The van der Waals surface area contributed by atoms with Crippen LogP contribution in [0.15, 0.2) is 42.5 Å². The van der Waals surface area contributed by atoms with Crippen LogP contribution in [0.4, 0.5) is 11.4 Å². The van der Waals surface area contributed by atoms with E-state index in [0.29, 0.717) is 29.7 Å². The highest BCUT2D eigenvalue weighted by atomic mass is 35.5. The SMILES string of the molecule is COc1ccc([N+](=O)[O-])cc1NC(=O)C(C)N(C)CCOc1ccc(Cl)cc1. The molecule has 0 radical (unpaired) electrons. The molecular weight excluding hydrogens is 386 g/mol. The largest absolute Gasteiger partial charge is 0.495 e. The summed E-state index contributed by atoms with van der Waals surface area (Å²) in [5, 5.41) is 14.3. The molecule has 1 unspecified atom stereocenters. The first-order chi connectivity index (χ1) is 13.3. The van der Waals surface area contributed by atoms with E-state index in [0.717, 1.165) is 0 Å². The Bertz CT molecular complexity index is 829. The van der Waals surface area contributed by atoms with Crippen LogP contribution in [0.3, 0.4) is 0 Å². The number of rotatable bonds is 9. The predicted molar refractivity (Wildman–Crippen MR) is 107 cm³/mol. The minimum atomic E-state index is -0.529. The highest BCUT2D eigenvalue weighted by Gasteiger charge is 2.20. The van der Waals surface area contributed by atoms with Crippen LogP contribution in [-0.4, -0.2) is 49.1 Å². The Morgan fingerprint density at radius 3 is 2.57 bits per heavy atom. The first-order valence-corrected chi connectivity index (χ1v) is 8.91. The highest BCUT2D eigenvalue weighted by molar-refractivity contribution is 6.30. The predicted octanol–water partition coefficient (Wildman–Crippen LogP) is 3.59. The third-order valence-corrected chi connectivity index (χ3v) is 4.47. The molecule has 2 rings (SSSR count). The van der Waals surface area contributed by atoms with Gasteiger partial charge in [0.15, 0.2) is 0 Å². The molecule has 0 spiro atoms. The Labute approximate surface area is 168 Å². The van der Waals surface area contributed by atoms with E-state index in [-0.39, 0.29) is 17.3 Å². The lowest BCUT2D eigenvalue weighted by Crippen LogP contribution is -2.41. The molecule has 0 saturated heterocycles. The van der Waals surface area contributed by atoms with E-state index in [2.05, 4.69) is 5.32 Å². The van der Waals surface area contributed by atoms with Crippen LogP contribution in [-0.2, 0) is 4.79 Å². The van der Waals surface area contributed by atoms with Crippen molar-refractivity contribution in [3.8, 4) is 11.5 Å². The van der Waals surface area contributed by atoms with Gasteiger partial charge < -0.3 is 14.8 Å². The van der Waals surface area contributed by atoms with Crippen molar-refractivity contribution in [1.82, 2.24) is 4.90 Å². The summed E-state index contributed by atoms with van der Waals surface area (Å²) in [6, 6.07) is 10.6. The van der Waals surface area contributed by atoms with Gasteiger partial charge in [-0.05, 0) is 44.3 Å². The summed E-state index contributed by atoms with van der Waals surface area (Å²) in [5.41, 5.74) is 0.118. The van der Waals surface area contributed by atoms with E-state index >= 15 is 0 Å². The molecule has 1 atom stereocenters. The molecule has 9 heteroatoms. The topological polar surface area (TPSA) is 93.9 Å². The van der Waals surface area contributed by atoms with E-state index in [4.69, 9.17) is 21.1 Å². The van der Waals surface area contributed by atoms with Gasteiger partial charge in [0.1, 0.15) is 18.1 Å². The quantitative estimate of drug-likeness (QED) is 0.504. The number of nitro groups is 1. The lowest BCUT2D eigenvalue weighted by Gasteiger charge is -2.24. The van der Waals surface area contributed by atoms with Crippen molar-refractivity contribution in [2.24, 2.45) is 0 Å². The van der Waals surface area contributed by atoms with Crippen molar-refractivity contribution < 1.29 is 19.2 Å². The molecule has 150 valence electrons. The van der Waals surface area contributed by atoms with Crippen molar-refractivity contribution in [2.75, 3.05) is 32.6 Å². The Hall–Kier alpha value is -2.84. The van der Waals surface area contributed by atoms with Crippen molar-refractivity contribution >= 4 is 28.9 Å². The molecule has 2 aromatic rings. The Balaban J connectivity index is 1.93. The van der Waals surface area contributed by atoms with Crippen LogP contribution in [0.5, 0.6) is 11.5 Å². The summed E-state index contributed by atoms with van der Waals surface area (Å²) in [4.78, 5) is 24.8. The monoisotopic (exact) mass is 407 g/mol. The molecule has 28 heavy (non-hydrogen) atoms. The van der Waals surface area contributed by atoms with Crippen molar-refractivity contribution in [3.63, 3.8) is 0 Å². The van der Waals surface area contributed by atoms with Crippen LogP contribution in [0, 0.1) is 10.1 Å².